The molecule has 5 heteroatoms. The number of esters is 1. The number of ketones is 1. The lowest BCUT2D eigenvalue weighted by molar-refractivity contribution is 0.0445. The van der Waals surface area contributed by atoms with Crippen molar-refractivity contribution in [1.82, 2.24) is 0 Å². The van der Waals surface area contributed by atoms with Crippen LogP contribution in [-0.4, -0.2) is 18.4 Å². The van der Waals surface area contributed by atoms with Gasteiger partial charge in [-0.15, -0.1) is 11.3 Å². The molecule has 0 unspecified atom stereocenters. The zero-order chi connectivity index (χ0) is 11.4. The number of thiophene rings is 1. The second-order valence-corrected chi connectivity index (χ2v) is 3.90. The number of Topliss-reactive ketones (excluding diaryl/α,β-unsaturated/α-hetero) is 1. The molecule has 2 aromatic heterocycles. The maximum absolute atomic E-state index is 11.5. The molecule has 0 atom stereocenters. The van der Waals surface area contributed by atoms with Crippen molar-refractivity contribution in [2.75, 3.05) is 6.61 Å². The third kappa shape index (κ3) is 2.38. The Bertz CT molecular complexity index is 424. The summed E-state index contributed by atoms with van der Waals surface area (Å²) in [5.74, 6) is -0.746. The quantitative estimate of drug-likeness (QED) is 0.604. The summed E-state index contributed by atoms with van der Waals surface area (Å²) < 4.78 is 9.63. The van der Waals surface area contributed by atoms with Gasteiger partial charge in [-0.1, -0.05) is 6.07 Å². The van der Waals surface area contributed by atoms with E-state index >= 15 is 0 Å². The molecule has 0 amide bonds. The predicted molar refractivity (Wildman–Crippen MR) is 57.6 cm³/mol. The van der Waals surface area contributed by atoms with Crippen LogP contribution in [0.1, 0.15) is 20.2 Å². The first-order valence-electron chi connectivity index (χ1n) is 4.54. The fraction of sp³-hybridized carbons (Fsp3) is 0.0909. The Balaban J connectivity index is 1.89. The Morgan fingerprint density at radius 3 is 2.81 bits per heavy atom. The highest BCUT2D eigenvalue weighted by Crippen LogP contribution is 2.10. The van der Waals surface area contributed by atoms with Gasteiger partial charge in [-0.25, -0.2) is 4.79 Å². The molecule has 0 aliphatic carbocycles. The van der Waals surface area contributed by atoms with Gasteiger partial charge < -0.3 is 9.15 Å². The monoisotopic (exact) mass is 236 g/mol. The lowest BCUT2D eigenvalue weighted by Gasteiger charge is -2.00. The van der Waals surface area contributed by atoms with E-state index in [0.29, 0.717) is 4.88 Å². The average Bonchev–Trinajstić information content (AvgIpc) is 2.95. The summed E-state index contributed by atoms with van der Waals surface area (Å²) in [7, 11) is 0. The first-order valence-corrected chi connectivity index (χ1v) is 5.42. The predicted octanol–water partition coefficient (Wildman–Crippen LogP) is 2.38. The van der Waals surface area contributed by atoms with Crippen molar-refractivity contribution < 1.29 is 18.7 Å². The number of carbonyl (C=O) groups is 2. The molecule has 0 aromatic carbocycles. The Hall–Kier alpha value is -1.88. The zero-order valence-corrected chi connectivity index (χ0v) is 9.03. The largest absolute Gasteiger partial charge is 0.457 e. The molecule has 0 bridgehead atoms. The van der Waals surface area contributed by atoms with Crippen molar-refractivity contribution >= 4 is 23.1 Å². The van der Waals surface area contributed by atoms with Crippen molar-refractivity contribution in [1.29, 1.82) is 0 Å². The SMILES string of the molecule is O=C(OCC(=O)c1cccs1)c1ccco1. The first-order chi connectivity index (χ1) is 7.77. The minimum Gasteiger partial charge on any atom is -0.457 e. The second kappa shape index (κ2) is 4.76. The van der Waals surface area contributed by atoms with E-state index in [1.807, 2.05) is 0 Å². The molecule has 2 rings (SSSR count). The minimum absolute atomic E-state index is 0.0963. The molecular weight excluding hydrogens is 228 g/mol. The highest BCUT2D eigenvalue weighted by atomic mass is 32.1. The Morgan fingerprint density at radius 1 is 1.31 bits per heavy atom. The van der Waals surface area contributed by atoms with Crippen LogP contribution in [0.3, 0.4) is 0 Å². The van der Waals surface area contributed by atoms with Gasteiger partial charge in [0.2, 0.25) is 11.5 Å². The summed E-state index contributed by atoms with van der Waals surface area (Å²) >= 11 is 1.32. The Kier molecular flexibility index (Phi) is 3.16. The van der Waals surface area contributed by atoms with Gasteiger partial charge >= 0.3 is 5.97 Å². The van der Waals surface area contributed by atoms with E-state index in [1.165, 1.54) is 23.7 Å². The molecule has 0 N–H and O–H groups in total. The fourth-order valence-corrected chi connectivity index (χ4v) is 1.76. The molecule has 0 spiro atoms. The van der Waals surface area contributed by atoms with Crippen LogP contribution in [0, 0.1) is 0 Å². The van der Waals surface area contributed by atoms with E-state index in [1.54, 1.807) is 23.6 Å². The lowest BCUT2D eigenvalue weighted by atomic mass is 10.3. The van der Waals surface area contributed by atoms with Crippen LogP contribution in [0.4, 0.5) is 0 Å². The van der Waals surface area contributed by atoms with Gasteiger partial charge in [0, 0.05) is 0 Å². The first kappa shape index (κ1) is 10.6. The number of hydrogen-bond donors (Lipinski definition) is 0. The molecule has 0 aliphatic heterocycles. The Labute approximate surface area is 95.5 Å². The molecule has 16 heavy (non-hydrogen) atoms. The molecule has 0 aliphatic rings. The molecule has 4 nitrogen and oxygen atoms in total. The van der Waals surface area contributed by atoms with E-state index in [0.717, 1.165) is 0 Å². The number of ether oxygens (including phenoxy) is 1. The summed E-state index contributed by atoms with van der Waals surface area (Å²) in [6, 6.07) is 6.52. The normalized spacial score (nSPS) is 10.0. The third-order valence-corrected chi connectivity index (χ3v) is 2.76. The van der Waals surface area contributed by atoms with Gasteiger partial charge in [0.15, 0.2) is 6.61 Å². The maximum atomic E-state index is 11.5. The smallest absolute Gasteiger partial charge is 0.374 e. The van der Waals surface area contributed by atoms with Gasteiger partial charge in [-0.3, -0.25) is 4.79 Å². The van der Waals surface area contributed by atoms with Gasteiger partial charge in [0.1, 0.15) is 0 Å². The van der Waals surface area contributed by atoms with Crippen LogP contribution < -0.4 is 0 Å². The number of carbonyl (C=O) groups excluding carboxylic acids is 2. The standard InChI is InChI=1S/C11H8O4S/c12-8(10-4-2-6-16-10)7-15-11(13)9-3-1-5-14-9/h1-6H,7H2. The van der Waals surface area contributed by atoms with Crippen LogP contribution >= 0.6 is 11.3 Å². The summed E-state index contributed by atoms with van der Waals surface area (Å²) in [5.41, 5.74) is 0. The molecule has 0 saturated carbocycles. The van der Waals surface area contributed by atoms with Crippen molar-refractivity contribution in [3.63, 3.8) is 0 Å². The van der Waals surface area contributed by atoms with E-state index in [-0.39, 0.29) is 18.2 Å². The highest BCUT2D eigenvalue weighted by molar-refractivity contribution is 7.12. The van der Waals surface area contributed by atoms with Crippen molar-refractivity contribution in [2.24, 2.45) is 0 Å². The average molecular weight is 236 g/mol. The summed E-state index contributed by atoms with van der Waals surface area (Å²) in [6.45, 7) is -0.264. The van der Waals surface area contributed by atoms with E-state index < -0.39 is 5.97 Å². The summed E-state index contributed by atoms with van der Waals surface area (Å²) in [6.07, 6.45) is 1.37. The molecular formula is C11H8O4S. The molecule has 2 aromatic rings. The molecule has 0 fully saturated rings. The highest BCUT2D eigenvalue weighted by Gasteiger charge is 2.13. The summed E-state index contributed by atoms with van der Waals surface area (Å²) in [4.78, 5) is 23.4. The van der Waals surface area contributed by atoms with Crippen LogP contribution in [0.5, 0.6) is 0 Å². The lowest BCUT2D eigenvalue weighted by Crippen LogP contribution is -2.12. The molecule has 2 heterocycles. The van der Waals surface area contributed by atoms with Gasteiger partial charge in [-0.2, -0.15) is 0 Å². The van der Waals surface area contributed by atoms with Gasteiger partial charge in [-0.05, 0) is 23.6 Å². The van der Waals surface area contributed by atoms with Crippen LogP contribution in [0.25, 0.3) is 0 Å². The molecule has 0 radical (unpaired) electrons. The van der Waals surface area contributed by atoms with Crippen LogP contribution in [-0.2, 0) is 4.74 Å². The number of hydrogen-bond acceptors (Lipinski definition) is 5. The number of furan rings is 1. The fourth-order valence-electron chi connectivity index (χ4n) is 1.11. The van der Waals surface area contributed by atoms with Crippen LogP contribution in [0.2, 0.25) is 0 Å². The minimum atomic E-state index is -0.630. The summed E-state index contributed by atoms with van der Waals surface area (Å²) in [5, 5.41) is 1.79. The third-order valence-electron chi connectivity index (χ3n) is 1.85. The number of rotatable bonds is 4. The van der Waals surface area contributed by atoms with Crippen LogP contribution in [0.15, 0.2) is 40.3 Å². The van der Waals surface area contributed by atoms with E-state index in [2.05, 4.69) is 0 Å². The van der Waals surface area contributed by atoms with Gasteiger partial charge in [0.05, 0.1) is 11.1 Å². The Morgan fingerprint density at radius 2 is 2.19 bits per heavy atom. The molecule has 0 saturated heterocycles. The van der Waals surface area contributed by atoms with Gasteiger partial charge in [0.25, 0.3) is 0 Å². The van der Waals surface area contributed by atoms with Crippen molar-refractivity contribution in [3.8, 4) is 0 Å². The topological polar surface area (TPSA) is 56.5 Å². The van der Waals surface area contributed by atoms with E-state index in [4.69, 9.17) is 9.15 Å². The van der Waals surface area contributed by atoms with Crippen molar-refractivity contribution in [3.05, 3.63) is 46.5 Å². The second-order valence-electron chi connectivity index (χ2n) is 2.95. The van der Waals surface area contributed by atoms with E-state index in [9.17, 15) is 9.59 Å². The van der Waals surface area contributed by atoms with Crippen molar-refractivity contribution in [2.45, 2.75) is 0 Å². The maximum Gasteiger partial charge on any atom is 0.374 e. The zero-order valence-electron chi connectivity index (χ0n) is 8.21. The molecule has 82 valence electrons.